The lowest BCUT2D eigenvalue weighted by Crippen LogP contribution is -2.62. The highest BCUT2D eigenvalue weighted by molar-refractivity contribution is 7.13. The third-order valence-corrected chi connectivity index (χ3v) is 6.36. The molecule has 0 bridgehead atoms. The molecule has 0 spiro atoms. The second kappa shape index (κ2) is 7.59. The number of nitrogens with one attached hydrogen (secondary N) is 1. The minimum Gasteiger partial charge on any atom is -0.507 e. The molecule has 0 unspecified atom stereocenters. The fourth-order valence-corrected chi connectivity index (χ4v) is 5.14. The first kappa shape index (κ1) is 20.7. The molecule has 1 fully saturated rings. The minimum absolute atomic E-state index is 0.0407. The summed E-state index contributed by atoms with van der Waals surface area (Å²) in [4.78, 5) is 11.0. The predicted molar refractivity (Wildman–Crippen MR) is 121 cm³/mol. The standard InChI is InChI=1S/C22H28N6OS/c1-21(2)11-15(12-22(3,4)27-21)28(5)20-24-13-17(25-26-20)16-7-6-14(10-18(16)29)19-23-8-9-30-19/h6-10,13,15,27,29H,11-12H2,1-5H3. The van der Waals surface area contributed by atoms with Crippen LogP contribution in [0.2, 0.25) is 0 Å². The Morgan fingerprint density at radius 3 is 2.40 bits per heavy atom. The molecule has 4 rings (SSSR count). The molecule has 0 atom stereocenters. The first-order chi connectivity index (χ1) is 14.1. The second-order valence-corrected chi connectivity index (χ2v) is 10.2. The molecule has 1 saturated heterocycles. The number of aromatic hydroxyl groups is 1. The number of nitrogens with zero attached hydrogens (tertiary/aromatic N) is 5. The Morgan fingerprint density at radius 1 is 1.10 bits per heavy atom. The van der Waals surface area contributed by atoms with Crippen LogP contribution in [-0.2, 0) is 0 Å². The van der Waals surface area contributed by atoms with Crippen LogP contribution in [0.1, 0.15) is 40.5 Å². The molecule has 1 aliphatic rings. The van der Waals surface area contributed by atoms with Gasteiger partial charge in [-0.15, -0.1) is 21.5 Å². The van der Waals surface area contributed by atoms with Gasteiger partial charge >= 0.3 is 0 Å². The number of piperidine rings is 1. The number of rotatable bonds is 4. The van der Waals surface area contributed by atoms with Crippen molar-refractivity contribution < 1.29 is 5.11 Å². The summed E-state index contributed by atoms with van der Waals surface area (Å²) in [7, 11) is 2.03. The monoisotopic (exact) mass is 424 g/mol. The van der Waals surface area contributed by atoms with Crippen molar-refractivity contribution in [2.75, 3.05) is 11.9 Å². The van der Waals surface area contributed by atoms with Crippen molar-refractivity contribution in [2.45, 2.75) is 57.7 Å². The topological polar surface area (TPSA) is 87.1 Å². The summed E-state index contributed by atoms with van der Waals surface area (Å²) in [5.74, 6) is 0.734. The van der Waals surface area contributed by atoms with Gasteiger partial charge in [0.05, 0.1) is 6.20 Å². The van der Waals surface area contributed by atoms with E-state index in [9.17, 15) is 5.11 Å². The normalized spacial score (nSPS) is 18.3. The SMILES string of the molecule is CN(c1ncc(-c2ccc(-c3nccs3)cc2O)nn1)C1CC(C)(C)NC(C)(C)C1. The molecule has 0 aliphatic carbocycles. The molecule has 0 amide bonds. The van der Waals surface area contributed by atoms with Gasteiger partial charge in [0, 0.05) is 46.9 Å². The molecular weight excluding hydrogens is 396 g/mol. The highest BCUT2D eigenvalue weighted by Crippen LogP contribution is 2.34. The summed E-state index contributed by atoms with van der Waals surface area (Å²) in [5, 5.41) is 25.7. The lowest BCUT2D eigenvalue weighted by molar-refractivity contribution is 0.160. The fraction of sp³-hybridized carbons (Fsp3) is 0.455. The fourth-order valence-electron chi connectivity index (χ4n) is 4.51. The summed E-state index contributed by atoms with van der Waals surface area (Å²) >= 11 is 1.53. The van der Waals surface area contributed by atoms with Gasteiger partial charge < -0.3 is 15.3 Å². The summed E-state index contributed by atoms with van der Waals surface area (Å²) < 4.78 is 0. The largest absolute Gasteiger partial charge is 0.507 e. The Kier molecular flexibility index (Phi) is 5.23. The number of anilines is 1. The molecule has 0 saturated carbocycles. The van der Waals surface area contributed by atoms with E-state index < -0.39 is 0 Å². The number of phenolic OH excluding ortho intramolecular Hbond substituents is 1. The molecule has 7 nitrogen and oxygen atoms in total. The molecule has 3 heterocycles. The van der Waals surface area contributed by atoms with Gasteiger partial charge in [0.15, 0.2) is 0 Å². The lowest BCUT2D eigenvalue weighted by Gasteiger charge is -2.48. The second-order valence-electron chi connectivity index (χ2n) is 9.28. The van der Waals surface area contributed by atoms with Crippen molar-refractivity contribution in [1.29, 1.82) is 0 Å². The van der Waals surface area contributed by atoms with E-state index >= 15 is 0 Å². The molecule has 2 aromatic heterocycles. The average molecular weight is 425 g/mol. The van der Waals surface area contributed by atoms with Gasteiger partial charge in [-0.3, -0.25) is 0 Å². The van der Waals surface area contributed by atoms with Gasteiger partial charge in [0.1, 0.15) is 16.5 Å². The number of thiazole rings is 1. The van der Waals surface area contributed by atoms with E-state index in [-0.39, 0.29) is 16.8 Å². The van der Waals surface area contributed by atoms with Crippen molar-refractivity contribution in [3.05, 3.63) is 36.0 Å². The maximum Gasteiger partial charge on any atom is 0.245 e. The van der Waals surface area contributed by atoms with E-state index in [1.165, 1.54) is 11.3 Å². The van der Waals surface area contributed by atoms with Gasteiger partial charge in [-0.05, 0) is 52.7 Å². The minimum atomic E-state index is 0.0407. The van der Waals surface area contributed by atoms with E-state index in [1.54, 1.807) is 18.5 Å². The van der Waals surface area contributed by atoms with Gasteiger partial charge in [0.2, 0.25) is 5.95 Å². The van der Waals surface area contributed by atoms with Crippen molar-refractivity contribution in [3.8, 4) is 27.6 Å². The number of hydrogen-bond acceptors (Lipinski definition) is 8. The number of phenols is 1. The smallest absolute Gasteiger partial charge is 0.245 e. The Labute approximate surface area is 181 Å². The maximum absolute atomic E-state index is 10.5. The van der Waals surface area contributed by atoms with E-state index in [0.717, 1.165) is 23.4 Å². The first-order valence-corrected chi connectivity index (χ1v) is 11.0. The zero-order valence-corrected chi connectivity index (χ0v) is 18.9. The highest BCUT2D eigenvalue weighted by Gasteiger charge is 2.39. The maximum atomic E-state index is 10.5. The molecule has 158 valence electrons. The van der Waals surface area contributed by atoms with Crippen LogP contribution in [-0.4, -0.2) is 49.4 Å². The van der Waals surface area contributed by atoms with Crippen LogP contribution in [0.4, 0.5) is 5.95 Å². The predicted octanol–water partition coefficient (Wildman–Crippen LogP) is 4.11. The van der Waals surface area contributed by atoms with Crippen LogP contribution in [0.3, 0.4) is 0 Å². The molecule has 1 aliphatic heterocycles. The first-order valence-electron chi connectivity index (χ1n) is 10.1. The number of aromatic nitrogens is 4. The lowest BCUT2D eigenvalue weighted by atomic mass is 9.79. The van der Waals surface area contributed by atoms with Gasteiger partial charge in [-0.25, -0.2) is 9.97 Å². The number of hydrogen-bond donors (Lipinski definition) is 2. The third kappa shape index (κ3) is 4.29. The van der Waals surface area contributed by atoms with Crippen molar-refractivity contribution in [3.63, 3.8) is 0 Å². The van der Waals surface area contributed by atoms with E-state index in [2.05, 4.69) is 58.1 Å². The molecule has 3 aromatic rings. The van der Waals surface area contributed by atoms with Crippen LogP contribution in [0.15, 0.2) is 36.0 Å². The Hall–Kier alpha value is -2.58. The van der Waals surface area contributed by atoms with Crippen molar-refractivity contribution >= 4 is 17.3 Å². The molecule has 2 N–H and O–H groups in total. The van der Waals surface area contributed by atoms with Gasteiger partial charge in [-0.2, -0.15) is 0 Å². The van der Waals surface area contributed by atoms with Gasteiger partial charge in [-0.1, -0.05) is 6.07 Å². The Morgan fingerprint density at radius 2 is 1.83 bits per heavy atom. The summed E-state index contributed by atoms with van der Waals surface area (Å²) in [6, 6.07) is 5.78. The van der Waals surface area contributed by atoms with Crippen LogP contribution in [0, 0.1) is 0 Å². The van der Waals surface area contributed by atoms with Crippen LogP contribution >= 0.6 is 11.3 Å². The van der Waals surface area contributed by atoms with Crippen molar-refractivity contribution in [1.82, 2.24) is 25.5 Å². The van der Waals surface area contributed by atoms with Gasteiger partial charge in [0.25, 0.3) is 0 Å². The average Bonchev–Trinajstić information content (AvgIpc) is 3.20. The molecule has 8 heteroatoms. The Bertz CT molecular complexity index is 1000. The van der Waals surface area contributed by atoms with E-state index in [4.69, 9.17) is 0 Å². The summed E-state index contributed by atoms with van der Waals surface area (Å²) in [6.45, 7) is 8.93. The van der Waals surface area contributed by atoms with Crippen molar-refractivity contribution in [2.24, 2.45) is 0 Å². The molecule has 0 radical (unpaired) electrons. The summed E-state index contributed by atoms with van der Waals surface area (Å²) in [6.07, 6.45) is 5.42. The molecule has 30 heavy (non-hydrogen) atoms. The third-order valence-electron chi connectivity index (χ3n) is 5.53. The highest BCUT2D eigenvalue weighted by atomic mass is 32.1. The van der Waals surface area contributed by atoms with Crippen LogP contribution in [0.25, 0.3) is 21.8 Å². The zero-order chi connectivity index (χ0) is 21.5. The van der Waals surface area contributed by atoms with E-state index in [0.29, 0.717) is 23.2 Å². The number of benzene rings is 1. The van der Waals surface area contributed by atoms with E-state index in [1.807, 2.05) is 24.6 Å². The van der Waals surface area contributed by atoms with Crippen LogP contribution < -0.4 is 10.2 Å². The quantitative estimate of drug-likeness (QED) is 0.651. The Balaban J connectivity index is 1.54. The zero-order valence-electron chi connectivity index (χ0n) is 18.0. The summed E-state index contributed by atoms with van der Waals surface area (Å²) in [5.41, 5.74) is 2.10. The molecule has 1 aromatic carbocycles. The van der Waals surface area contributed by atoms with Crippen LogP contribution in [0.5, 0.6) is 5.75 Å². The molecular formula is C22H28N6OS.